The maximum Gasteiger partial charge on any atom is 0.211 e. The highest BCUT2D eigenvalue weighted by Crippen LogP contribution is 2.30. The Hall–Kier alpha value is -0.870. The van der Waals surface area contributed by atoms with Crippen LogP contribution in [0.25, 0.3) is 0 Å². The van der Waals surface area contributed by atoms with Gasteiger partial charge in [0.15, 0.2) is 0 Å². The van der Waals surface area contributed by atoms with Gasteiger partial charge in [-0.3, -0.25) is 4.90 Å². The van der Waals surface area contributed by atoms with Crippen LogP contribution in [0, 0.1) is 0 Å². The maximum atomic E-state index is 5.57. The minimum absolute atomic E-state index is 0.375. The minimum Gasteiger partial charge on any atom is -0.443 e. The zero-order valence-electron chi connectivity index (χ0n) is 8.57. The van der Waals surface area contributed by atoms with Crippen LogP contribution in [0.2, 0.25) is 0 Å². The van der Waals surface area contributed by atoms with Crippen molar-refractivity contribution in [1.82, 2.24) is 9.88 Å². The summed E-state index contributed by atoms with van der Waals surface area (Å²) in [5.41, 5.74) is 5.48. The van der Waals surface area contributed by atoms with Gasteiger partial charge in [0.05, 0.1) is 18.8 Å². The summed E-state index contributed by atoms with van der Waals surface area (Å²) in [5.74, 6) is 1.62. The van der Waals surface area contributed by atoms with E-state index in [1.807, 2.05) is 0 Å². The van der Waals surface area contributed by atoms with Gasteiger partial charge in [-0.15, -0.1) is 0 Å². The van der Waals surface area contributed by atoms with Gasteiger partial charge in [-0.05, 0) is 25.9 Å². The molecule has 4 heteroatoms. The predicted molar refractivity (Wildman–Crippen MR) is 53.6 cm³/mol. The van der Waals surface area contributed by atoms with Crippen molar-refractivity contribution in [3.05, 3.63) is 17.8 Å². The second-order valence-electron chi connectivity index (χ2n) is 3.66. The van der Waals surface area contributed by atoms with Crippen molar-refractivity contribution in [3.8, 4) is 0 Å². The van der Waals surface area contributed by atoms with E-state index in [9.17, 15) is 0 Å². The zero-order valence-corrected chi connectivity index (χ0v) is 8.57. The van der Waals surface area contributed by atoms with Crippen LogP contribution in [0.3, 0.4) is 0 Å². The summed E-state index contributed by atoms with van der Waals surface area (Å²) in [4.78, 5) is 6.67. The number of hydrogen-bond acceptors (Lipinski definition) is 4. The molecule has 0 amide bonds. The van der Waals surface area contributed by atoms with E-state index in [2.05, 4.69) is 16.8 Å². The van der Waals surface area contributed by atoms with E-state index in [1.54, 1.807) is 6.20 Å². The molecule has 14 heavy (non-hydrogen) atoms. The number of rotatable bonds is 3. The van der Waals surface area contributed by atoms with Crippen molar-refractivity contribution in [1.29, 1.82) is 0 Å². The highest BCUT2D eigenvalue weighted by molar-refractivity contribution is 5.00. The summed E-state index contributed by atoms with van der Waals surface area (Å²) in [6, 6.07) is 0.375. The molecular formula is C10H17N3O. The van der Waals surface area contributed by atoms with Crippen molar-refractivity contribution in [2.75, 3.05) is 13.1 Å². The third-order valence-corrected chi connectivity index (χ3v) is 2.83. The van der Waals surface area contributed by atoms with Gasteiger partial charge in [0, 0.05) is 0 Å². The number of likely N-dealkylation sites (tertiary alicyclic amines) is 1. The van der Waals surface area contributed by atoms with Gasteiger partial charge in [-0.1, -0.05) is 6.92 Å². The first-order valence-electron chi connectivity index (χ1n) is 5.24. The largest absolute Gasteiger partial charge is 0.443 e. The molecule has 1 atom stereocenters. The van der Waals surface area contributed by atoms with Crippen LogP contribution in [0.4, 0.5) is 0 Å². The Bertz CT molecular complexity index is 297. The third kappa shape index (κ3) is 1.67. The first-order chi connectivity index (χ1) is 6.85. The third-order valence-electron chi connectivity index (χ3n) is 2.83. The molecular weight excluding hydrogens is 178 g/mol. The quantitative estimate of drug-likeness (QED) is 0.789. The van der Waals surface area contributed by atoms with E-state index in [0.29, 0.717) is 12.6 Å². The topological polar surface area (TPSA) is 55.3 Å². The Morgan fingerprint density at radius 1 is 1.71 bits per heavy atom. The molecule has 2 rings (SSSR count). The highest BCUT2D eigenvalue weighted by Gasteiger charge is 2.28. The molecule has 0 aliphatic carbocycles. The first kappa shape index (κ1) is 9.68. The molecule has 1 aromatic rings. The smallest absolute Gasteiger partial charge is 0.211 e. The lowest BCUT2D eigenvalue weighted by Gasteiger charge is -2.19. The molecule has 1 unspecified atom stereocenters. The number of nitrogens with zero attached hydrogens (tertiary/aromatic N) is 2. The SMILES string of the molecule is CCN1CCCC1c1ncc(CN)o1. The van der Waals surface area contributed by atoms with Crippen LogP contribution in [0.15, 0.2) is 10.6 Å². The molecule has 4 nitrogen and oxygen atoms in total. The van der Waals surface area contributed by atoms with Crippen molar-refractivity contribution < 1.29 is 4.42 Å². The number of hydrogen-bond donors (Lipinski definition) is 1. The molecule has 0 saturated carbocycles. The fraction of sp³-hybridized carbons (Fsp3) is 0.700. The number of oxazole rings is 1. The van der Waals surface area contributed by atoms with Crippen LogP contribution in [0.5, 0.6) is 0 Å². The standard InChI is InChI=1S/C10H17N3O/c1-2-13-5-3-4-9(13)10-12-7-8(6-11)14-10/h7,9H,2-6,11H2,1H3. The van der Waals surface area contributed by atoms with Gasteiger partial charge in [0.1, 0.15) is 5.76 Å². The first-order valence-corrected chi connectivity index (χ1v) is 5.24. The molecule has 78 valence electrons. The lowest BCUT2D eigenvalue weighted by Crippen LogP contribution is -2.22. The highest BCUT2D eigenvalue weighted by atomic mass is 16.4. The van der Waals surface area contributed by atoms with Gasteiger partial charge >= 0.3 is 0 Å². The summed E-state index contributed by atoms with van der Waals surface area (Å²) in [7, 11) is 0. The Balaban J connectivity index is 2.13. The van der Waals surface area contributed by atoms with Crippen LogP contribution < -0.4 is 5.73 Å². The summed E-state index contributed by atoms with van der Waals surface area (Å²) in [6.45, 7) is 4.82. The molecule has 1 aliphatic heterocycles. The fourth-order valence-electron chi connectivity index (χ4n) is 2.06. The Labute approximate surface area is 84.1 Å². The fourth-order valence-corrected chi connectivity index (χ4v) is 2.06. The second kappa shape index (κ2) is 4.11. The molecule has 0 bridgehead atoms. The number of nitrogens with two attached hydrogens (primary N) is 1. The van der Waals surface area contributed by atoms with E-state index in [-0.39, 0.29) is 0 Å². The Morgan fingerprint density at radius 3 is 3.21 bits per heavy atom. The Morgan fingerprint density at radius 2 is 2.57 bits per heavy atom. The molecule has 0 aromatic carbocycles. The minimum atomic E-state index is 0.375. The lowest BCUT2D eigenvalue weighted by atomic mass is 10.2. The van der Waals surface area contributed by atoms with E-state index >= 15 is 0 Å². The van der Waals surface area contributed by atoms with Crippen LogP contribution in [0.1, 0.15) is 37.5 Å². The molecule has 0 radical (unpaired) electrons. The molecule has 1 aromatic heterocycles. The Kier molecular flexibility index (Phi) is 2.84. The van der Waals surface area contributed by atoms with E-state index in [1.165, 1.54) is 6.42 Å². The lowest BCUT2D eigenvalue weighted by molar-refractivity contribution is 0.230. The van der Waals surface area contributed by atoms with Gasteiger partial charge in [0.2, 0.25) is 5.89 Å². The van der Waals surface area contributed by atoms with Gasteiger partial charge in [0.25, 0.3) is 0 Å². The predicted octanol–water partition coefficient (Wildman–Crippen LogP) is 1.29. The van der Waals surface area contributed by atoms with Gasteiger partial charge in [-0.25, -0.2) is 4.98 Å². The summed E-state index contributed by atoms with van der Waals surface area (Å²) in [5, 5.41) is 0. The molecule has 2 heterocycles. The van der Waals surface area contributed by atoms with Crippen molar-refractivity contribution in [2.45, 2.75) is 32.4 Å². The normalized spacial score (nSPS) is 23.1. The van der Waals surface area contributed by atoms with Crippen molar-refractivity contribution in [2.24, 2.45) is 5.73 Å². The van der Waals surface area contributed by atoms with Crippen molar-refractivity contribution in [3.63, 3.8) is 0 Å². The second-order valence-corrected chi connectivity index (χ2v) is 3.66. The molecule has 2 N–H and O–H groups in total. The zero-order chi connectivity index (χ0) is 9.97. The van der Waals surface area contributed by atoms with E-state index < -0.39 is 0 Å². The monoisotopic (exact) mass is 195 g/mol. The molecule has 1 fully saturated rings. The van der Waals surface area contributed by atoms with E-state index in [4.69, 9.17) is 10.2 Å². The maximum absolute atomic E-state index is 5.57. The average Bonchev–Trinajstić information content (AvgIpc) is 2.85. The molecule has 0 spiro atoms. The summed E-state index contributed by atoms with van der Waals surface area (Å²) in [6.07, 6.45) is 4.12. The number of aromatic nitrogens is 1. The van der Waals surface area contributed by atoms with Crippen LogP contribution >= 0.6 is 0 Å². The van der Waals surface area contributed by atoms with Crippen LogP contribution in [-0.2, 0) is 6.54 Å². The van der Waals surface area contributed by atoms with Crippen LogP contribution in [-0.4, -0.2) is 23.0 Å². The molecule has 1 aliphatic rings. The van der Waals surface area contributed by atoms with Gasteiger partial charge in [-0.2, -0.15) is 0 Å². The summed E-state index contributed by atoms with van der Waals surface area (Å²) < 4.78 is 5.57. The average molecular weight is 195 g/mol. The van der Waals surface area contributed by atoms with Gasteiger partial charge < -0.3 is 10.2 Å². The summed E-state index contributed by atoms with van der Waals surface area (Å²) >= 11 is 0. The van der Waals surface area contributed by atoms with E-state index in [0.717, 1.165) is 31.2 Å². The van der Waals surface area contributed by atoms with Crippen molar-refractivity contribution >= 4 is 0 Å². The molecule has 1 saturated heterocycles.